The van der Waals surface area contributed by atoms with Gasteiger partial charge in [-0.3, -0.25) is 19.2 Å². The first-order chi connectivity index (χ1) is 15.5. The lowest BCUT2D eigenvalue weighted by Gasteiger charge is -2.19. The molecule has 0 atom stereocenters. The number of hydrogen-bond donors (Lipinski definition) is 0. The van der Waals surface area contributed by atoms with Gasteiger partial charge in [-0.15, -0.1) is 0 Å². The number of benzene rings is 3. The first-order valence-corrected chi connectivity index (χ1v) is 9.96. The molecule has 0 saturated carbocycles. The summed E-state index contributed by atoms with van der Waals surface area (Å²) >= 11 is 0. The van der Waals surface area contributed by atoms with Crippen molar-refractivity contribution < 1.29 is 19.2 Å². The Morgan fingerprint density at radius 2 is 0.719 bits per heavy atom. The van der Waals surface area contributed by atoms with Gasteiger partial charge in [0.05, 0.1) is 11.4 Å². The third-order valence-electron chi connectivity index (χ3n) is 5.42. The first kappa shape index (κ1) is 19.4. The molecule has 32 heavy (non-hydrogen) atoms. The highest BCUT2D eigenvalue weighted by Gasteiger charge is 2.28. The summed E-state index contributed by atoms with van der Waals surface area (Å²) in [5.74, 6) is -1.49. The molecule has 0 aromatic heterocycles. The fourth-order valence-electron chi connectivity index (χ4n) is 3.93. The van der Waals surface area contributed by atoms with Crippen molar-refractivity contribution in [3.63, 3.8) is 0 Å². The Balaban J connectivity index is 1.53. The highest BCUT2D eigenvalue weighted by molar-refractivity contribution is 6.30. The molecule has 0 N–H and O–H groups in total. The number of para-hydroxylation sites is 2. The Morgan fingerprint density at radius 1 is 0.406 bits per heavy atom. The summed E-state index contributed by atoms with van der Waals surface area (Å²) < 4.78 is 0. The number of carbonyl (C=O) groups is 4. The molecule has 0 spiro atoms. The number of hydrogen-bond acceptors (Lipinski definition) is 4. The maximum Gasteiger partial charge on any atom is 0.258 e. The molecule has 3 aromatic carbocycles. The SMILES string of the molecule is O=C1C=CC(=O)N1c1ccccc1-c1ccc(-c2ccccc2N2C(=O)C=CC2=O)cc1. The monoisotopic (exact) mass is 420 g/mol. The van der Waals surface area contributed by atoms with Crippen molar-refractivity contribution in [2.24, 2.45) is 0 Å². The Morgan fingerprint density at radius 3 is 1.06 bits per heavy atom. The summed E-state index contributed by atoms with van der Waals surface area (Å²) in [4.78, 5) is 51.0. The molecule has 0 fully saturated rings. The van der Waals surface area contributed by atoms with Gasteiger partial charge in [-0.25, -0.2) is 9.80 Å². The molecule has 6 heteroatoms. The van der Waals surface area contributed by atoms with E-state index in [-0.39, 0.29) is 23.6 Å². The van der Waals surface area contributed by atoms with Crippen LogP contribution in [0.15, 0.2) is 97.1 Å². The minimum Gasteiger partial charge on any atom is -0.269 e. The number of nitrogens with zero attached hydrogens (tertiary/aromatic N) is 2. The Bertz CT molecular complexity index is 1210. The fraction of sp³-hybridized carbons (Fsp3) is 0. The molecule has 6 nitrogen and oxygen atoms in total. The van der Waals surface area contributed by atoms with Crippen LogP contribution in [0.4, 0.5) is 11.4 Å². The highest BCUT2D eigenvalue weighted by Crippen LogP contribution is 2.36. The van der Waals surface area contributed by atoms with Crippen LogP contribution >= 0.6 is 0 Å². The molecule has 2 aliphatic rings. The highest BCUT2D eigenvalue weighted by atomic mass is 16.2. The molecule has 0 saturated heterocycles. The molecule has 0 aliphatic carbocycles. The summed E-state index contributed by atoms with van der Waals surface area (Å²) in [6.07, 6.45) is 5.04. The van der Waals surface area contributed by atoms with E-state index in [2.05, 4.69) is 0 Å². The zero-order valence-electron chi connectivity index (χ0n) is 16.8. The van der Waals surface area contributed by atoms with Gasteiger partial charge < -0.3 is 0 Å². The van der Waals surface area contributed by atoms with Crippen LogP contribution in [-0.4, -0.2) is 23.6 Å². The van der Waals surface area contributed by atoms with E-state index < -0.39 is 0 Å². The Hall–Kier alpha value is -4.58. The molecular formula is C26H16N2O4. The molecule has 2 aliphatic heterocycles. The minimum absolute atomic E-state index is 0.374. The second kappa shape index (κ2) is 7.59. The van der Waals surface area contributed by atoms with Crippen LogP contribution in [0.5, 0.6) is 0 Å². The molecule has 4 amide bonds. The van der Waals surface area contributed by atoms with Gasteiger partial charge in [-0.05, 0) is 23.3 Å². The summed E-state index contributed by atoms with van der Waals surface area (Å²) in [5, 5.41) is 0. The van der Waals surface area contributed by atoms with Crippen LogP contribution < -0.4 is 9.80 Å². The van der Waals surface area contributed by atoms with Crippen molar-refractivity contribution in [3.05, 3.63) is 97.1 Å². The van der Waals surface area contributed by atoms with Crippen LogP contribution in [0.2, 0.25) is 0 Å². The van der Waals surface area contributed by atoms with Gasteiger partial charge in [0.15, 0.2) is 0 Å². The first-order valence-electron chi connectivity index (χ1n) is 9.96. The standard InChI is InChI=1S/C26H16N2O4/c29-23-13-14-24(30)27(23)21-7-3-1-5-19(21)17-9-11-18(12-10-17)20-6-2-4-8-22(20)28-25(31)15-16-26(28)32/h1-16H. The number of imide groups is 2. The van der Waals surface area contributed by atoms with Crippen molar-refractivity contribution >= 4 is 35.0 Å². The van der Waals surface area contributed by atoms with Crippen molar-refractivity contribution in [2.45, 2.75) is 0 Å². The predicted molar refractivity (Wildman–Crippen MR) is 121 cm³/mol. The summed E-state index contributed by atoms with van der Waals surface area (Å²) in [6.45, 7) is 0. The quantitative estimate of drug-likeness (QED) is 0.601. The molecule has 3 aromatic rings. The van der Waals surface area contributed by atoms with E-state index in [1.807, 2.05) is 48.5 Å². The van der Waals surface area contributed by atoms with E-state index in [1.54, 1.807) is 24.3 Å². The van der Waals surface area contributed by atoms with Crippen molar-refractivity contribution in [3.8, 4) is 22.3 Å². The number of rotatable bonds is 4. The number of carbonyl (C=O) groups excluding carboxylic acids is 4. The van der Waals surface area contributed by atoms with Crippen LogP contribution in [0.1, 0.15) is 0 Å². The summed E-state index contributed by atoms with van der Waals surface area (Å²) in [6, 6.07) is 22.0. The molecule has 0 unspecified atom stereocenters. The molecule has 154 valence electrons. The van der Waals surface area contributed by atoms with Gasteiger partial charge in [-0.1, -0.05) is 60.7 Å². The average Bonchev–Trinajstić information content (AvgIpc) is 3.33. The van der Waals surface area contributed by atoms with Crippen LogP contribution in [-0.2, 0) is 19.2 Å². The largest absolute Gasteiger partial charge is 0.269 e. The number of anilines is 2. The van der Waals surface area contributed by atoms with Gasteiger partial charge >= 0.3 is 0 Å². The second-order valence-electron chi connectivity index (χ2n) is 7.30. The maximum absolute atomic E-state index is 12.2. The normalized spacial score (nSPS) is 15.4. The minimum atomic E-state index is -0.374. The van der Waals surface area contributed by atoms with Crippen LogP contribution in [0, 0.1) is 0 Å². The second-order valence-corrected chi connectivity index (χ2v) is 7.30. The van der Waals surface area contributed by atoms with Crippen LogP contribution in [0.3, 0.4) is 0 Å². The summed E-state index contributed by atoms with van der Waals surface area (Å²) in [7, 11) is 0. The smallest absolute Gasteiger partial charge is 0.258 e. The van der Waals surface area contributed by atoms with E-state index in [9.17, 15) is 19.2 Å². The lowest BCUT2D eigenvalue weighted by molar-refractivity contribution is -0.121. The van der Waals surface area contributed by atoms with E-state index in [0.29, 0.717) is 11.4 Å². The van der Waals surface area contributed by atoms with Gasteiger partial charge in [0, 0.05) is 35.4 Å². The predicted octanol–water partition coefficient (Wildman–Crippen LogP) is 3.88. The number of amides is 4. The Labute approximate surface area is 183 Å². The van der Waals surface area contributed by atoms with E-state index in [0.717, 1.165) is 32.1 Å². The lowest BCUT2D eigenvalue weighted by atomic mass is 9.97. The molecule has 0 radical (unpaired) electrons. The van der Waals surface area contributed by atoms with Crippen molar-refractivity contribution in [1.29, 1.82) is 0 Å². The fourth-order valence-corrected chi connectivity index (χ4v) is 3.93. The van der Waals surface area contributed by atoms with E-state index >= 15 is 0 Å². The maximum atomic E-state index is 12.2. The third kappa shape index (κ3) is 3.15. The van der Waals surface area contributed by atoms with Crippen LogP contribution in [0.25, 0.3) is 22.3 Å². The lowest BCUT2D eigenvalue weighted by Crippen LogP contribution is -2.30. The van der Waals surface area contributed by atoms with Gasteiger partial charge in [0.25, 0.3) is 23.6 Å². The van der Waals surface area contributed by atoms with Gasteiger partial charge in [0.1, 0.15) is 0 Å². The average molecular weight is 420 g/mol. The van der Waals surface area contributed by atoms with Crippen molar-refractivity contribution in [1.82, 2.24) is 0 Å². The zero-order valence-corrected chi connectivity index (χ0v) is 16.8. The van der Waals surface area contributed by atoms with Gasteiger partial charge in [0.2, 0.25) is 0 Å². The van der Waals surface area contributed by atoms with Crippen molar-refractivity contribution in [2.75, 3.05) is 9.80 Å². The summed E-state index contributed by atoms with van der Waals surface area (Å²) in [5.41, 5.74) is 4.16. The third-order valence-corrected chi connectivity index (χ3v) is 5.42. The molecule has 2 heterocycles. The Kier molecular flexibility index (Phi) is 4.60. The molecule has 0 bridgehead atoms. The van der Waals surface area contributed by atoms with Gasteiger partial charge in [-0.2, -0.15) is 0 Å². The molecular weight excluding hydrogens is 404 g/mol. The zero-order chi connectivity index (χ0) is 22.2. The van der Waals surface area contributed by atoms with E-state index in [1.165, 1.54) is 24.3 Å². The molecule has 5 rings (SSSR count). The topological polar surface area (TPSA) is 74.8 Å². The van der Waals surface area contributed by atoms with E-state index in [4.69, 9.17) is 0 Å².